The fourth-order valence-electron chi connectivity index (χ4n) is 2.71. The SMILES string of the molecule is CC(N)CCCC(=O)NCC1CCCCC1CO. The fraction of sp³-hybridized carbons (Fsp3) is 0.929. The highest BCUT2D eigenvalue weighted by Crippen LogP contribution is 2.29. The van der Waals surface area contributed by atoms with E-state index in [0.717, 1.165) is 32.2 Å². The van der Waals surface area contributed by atoms with Crippen LogP contribution in [0.5, 0.6) is 0 Å². The van der Waals surface area contributed by atoms with Crippen molar-refractivity contribution in [3.63, 3.8) is 0 Å². The summed E-state index contributed by atoms with van der Waals surface area (Å²) >= 11 is 0. The molecular formula is C14H28N2O2. The maximum absolute atomic E-state index is 11.6. The molecule has 0 bridgehead atoms. The van der Waals surface area contributed by atoms with Gasteiger partial charge in [-0.2, -0.15) is 0 Å². The molecule has 3 unspecified atom stereocenters. The van der Waals surface area contributed by atoms with Gasteiger partial charge in [-0.05, 0) is 44.4 Å². The van der Waals surface area contributed by atoms with Crippen LogP contribution in [0.25, 0.3) is 0 Å². The third-order valence-electron chi connectivity index (χ3n) is 3.93. The molecule has 0 aliphatic heterocycles. The van der Waals surface area contributed by atoms with E-state index in [9.17, 15) is 9.90 Å². The highest BCUT2D eigenvalue weighted by molar-refractivity contribution is 5.75. The molecule has 1 rings (SSSR count). The normalized spacial score (nSPS) is 25.7. The van der Waals surface area contributed by atoms with Crippen molar-refractivity contribution < 1.29 is 9.90 Å². The van der Waals surface area contributed by atoms with Gasteiger partial charge in [0, 0.05) is 25.6 Å². The summed E-state index contributed by atoms with van der Waals surface area (Å²) in [7, 11) is 0. The van der Waals surface area contributed by atoms with Gasteiger partial charge >= 0.3 is 0 Å². The highest BCUT2D eigenvalue weighted by atomic mass is 16.3. The van der Waals surface area contributed by atoms with Crippen LogP contribution in [0.3, 0.4) is 0 Å². The lowest BCUT2D eigenvalue weighted by Crippen LogP contribution is -2.35. The predicted octanol–water partition coefficient (Wildman–Crippen LogP) is 1.42. The number of carbonyl (C=O) groups excluding carboxylic acids is 1. The van der Waals surface area contributed by atoms with Crippen LogP contribution in [0.2, 0.25) is 0 Å². The maximum atomic E-state index is 11.6. The number of carbonyl (C=O) groups is 1. The molecule has 1 fully saturated rings. The van der Waals surface area contributed by atoms with Gasteiger partial charge in [-0.15, -0.1) is 0 Å². The van der Waals surface area contributed by atoms with Crippen LogP contribution in [-0.4, -0.2) is 30.2 Å². The van der Waals surface area contributed by atoms with Gasteiger partial charge in [0.1, 0.15) is 0 Å². The molecule has 4 nitrogen and oxygen atoms in total. The zero-order valence-electron chi connectivity index (χ0n) is 11.5. The second kappa shape index (κ2) is 8.48. The Labute approximate surface area is 110 Å². The molecule has 0 spiro atoms. The molecular weight excluding hydrogens is 228 g/mol. The molecule has 0 saturated heterocycles. The number of hydrogen-bond acceptors (Lipinski definition) is 3. The first-order valence-corrected chi connectivity index (χ1v) is 7.26. The molecule has 1 aliphatic rings. The number of nitrogens with one attached hydrogen (secondary N) is 1. The zero-order valence-corrected chi connectivity index (χ0v) is 11.5. The first kappa shape index (κ1) is 15.4. The molecule has 106 valence electrons. The average molecular weight is 256 g/mol. The molecule has 1 saturated carbocycles. The van der Waals surface area contributed by atoms with Crippen LogP contribution in [0.15, 0.2) is 0 Å². The van der Waals surface area contributed by atoms with E-state index in [4.69, 9.17) is 5.73 Å². The number of nitrogens with two attached hydrogens (primary N) is 1. The molecule has 4 N–H and O–H groups in total. The molecule has 0 aromatic heterocycles. The number of aliphatic hydroxyl groups is 1. The molecule has 0 radical (unpaired) electrons. The van der Waals surface area contributed by atoms with Crippen LogP contribution in [0.4, 0.5) is 0 Å². The lowest BCUT2D eigenvalue weighted by atomic mass is 9.79. The Hall–Kier alpha value is -0.610. The van der Waals surface area contributed by atoms with E-state index in [-0.39, 0.29) is 18.6 Å². The average Bonchev–Trinajstić information content (AvgIpc) is 2.36. The lowest BCUT2D eigenvalue weighted by molar-refractivity contribution is -0.121. The van der Waals surface area contributed by atoms with Crippen molar-refractivity contribution in [1.82, 2.24) is 5.32 Å². The minimum atomic E-state index is 0.123. The second-order valence-corrected chi connectivity index (χ2v) is 5.66. The number of aliphatic hydroxyl groups excluding tert-OH is 1. The maximum Gasteiger partial charge on any atom is 0.220 e. The Kier molecular flexibility index (Phi) is 7.28. The van der Waals surface area contributed by atoms with Crippen molar-refractivity contribution >= 4 is 5.91 Å². The van der Waals surface area contributed by atoms with E-state index < -0.39 is 0 Å². The third kappa shape index (κ3) is 5.83. The van der Waals surface area contributed by atoms with E-state index in [2.05, 4.69) is 5.32 Å². The number of rotatable bonds is 7. The van der Waals surface area contributed by atoms with Gasteiger partial charge in [0.25, 0.3) is 0 Å². The smallest absolute Gasteiger partial charge is 0.220 e. The van der Waals surface area contributed by atoms with Gasteiger partial charge in [-0.1, -0.05) is 12.8 Å². The van der Waals surface area contributed by atoms with Crippen molar-refractivity contribution in [3.05, 3.63) is 0 Å². The largest absolute Gasteiger partial charge is 0.396 e. The Morgan fingerprint density at radius 2 is 2.06 bits per heavy atom. The molecule has 0 aromatic carbocycles. The summed E-state index contributed by atoms with van der Waals surface area (Å²) in [5, 5.41) is 12.3. The fourth-order valence-corrected chi connectivity index (χ4v) is 2.71. The first-order valence-electron chi connectivity index (χ1n) is 7.26. The molecule has 0 heterocycles. The molecule has 4 heteroatoms. The quantitative estimate of drug-likeness (QED) is 0.645. The number of hydrogen-bond donors (Lipinski definition) is 3. The van der Waals surface area contributed by atoms with Gasteiger partial charge in [0.2, 0.25) is 5.91 Å². The summed E-state index contributed by atoms with van der Waals surface area (Å²) in [5.41, 5.74) is 5.65. The Balaban J connectivity index is 2.16. The third-order valence-corrected chi connectivity index (χ3v) is 3.93. The van der Waals surface area contributed by atoms with E-state index in [1.807, 2.05) is 6.92 Å². The number of amides is 1. The van der Waals surface area contributed by atoms with Crippen molar-refractivity contribution in [3.8, 4) is 0 Å². The summed E-state index contributed by atoms with van der Waals surface area (Å²) < 4.78 is 0. The molecule has 1 amide bonds. The van der Waals surface area contributed by atoms with Gasteiger partial charge in [-0.25, -0.2) is 0 Å². The minimum Gasteiger partial charge on any atom is -0.396 e. The van der Waals surface area contributed by atoms with Crippen LogP contribution < -0.4 is 11.1 Å². The van der Waals surface area contributed by atoms with E-state index >= 15 is 0 Å². The van der Waals surface area contributed by atoms with Gasteiger partial charge < -0.3 is 16.2 Å². The summed E-state index contributed by atoms with van der Waals surface area (Å²) in [6, 6.07) is 0.176. The summed E-state index contributed by atoms with van der Waals surface area (Å²) in [6.45, 7) is 2.94. The zero-order chi connectivity index (χ0) is 13.4. The minimum absolute atomic E-state index is 0.123. The standard InChI is InChI=1S/C14H28N2O2/c1-11(15)5-4-8-14(18)16-9-12-6-2-3-7-13(12)10-17/h11-13,17H,2-10,15H2,1H3,(H,16,18). The summed E-state index contributed by atoms with van der Waals surface area (Å²) in [5.74, 6) is 0.960. The summed E-state index contributed by atoms with van der Waals surface area (Å²) in [4.78, 5) is 11.6. The van der Waals surface area contributed by atoms with Crippen molar-refractivity contribution in [2.45, 2.75) is 57.9 Å². The second-order valence-electron chi connectivity index (χ2n) is 5.66. The van der Waals surface area contributed by atoms with Gasteiger partial charge in [0.15, 0.2) is 0 Å². The van der Waals surface area contributed by atoms with Gasteiger partial charge in [0.05, 0.1) is 0 Å². The van der Waals surface area contributed by atoms with Crippen molar-refractivity contribution in [2.24, 2.45) is 17.6 Å². The Bertz CT molecular complexity index is 244. The summed E-state index contributed by atoms with van der Waals surface area (Å²) in [6.07, 6.45) is 6.99. The van der Waals surface area contributed by atoms with Crippen molar-refractivity contribution in [2.75, 3.05) is 13.2 Å². The van der Waals surface area contributed by atoms with Crippen molar-refractivity contribution in [1.29, 1.82) is 0 Å². The lowest BCUT2D eigenvalue weighted by Gasteiger charge is -2.30. The van der Waals surface area contributed by atoms with Crippen LogP contribution in [-0.2, 0) is 4.79 Å². The van der Waals surface area contributed by atoms with Gasteiger partial charge in [-0.3, -0.25) is 4.79 Å². The van der Waals surface area contributed by atoms with Crippen LogP contribution >= 0.6 is 0 Å². The topological polar surface area (TPSA) is 75.4 Å². The Morgan fingerprint density at radius 3 is 2.67 bits per heavy atom. The highest BCUT2D eigenvalue weighted by Gasteiger charge is 2.24. The molecule has 1 aliphatic carbocycles. The Morgan fingerprint density at radius 1 is 1.39 bits per heavy atom. The molecule has 3 atom stereocenters. The monoisotopic (exact) mass is 256 g/mol. The molecule has 18 heavy (non-hydrogen) atoms. The predicted molar refractivity (Wildman–Crippen MR) is 73.0 cm³/mol. The van der Waals surface area contributed by atoms with E-state index in [1.54, 1.807) is 0 Å². The van der Waals surface area contributed by atoms with E-state index in [1.165, 1.54) is 12.8 Å². The van der Waals surface area contributed by atoms with Crippen LogP contribution in [0, 0.1) is 11.8 Å². The molecule has 0 aromatic rings. The van der Waals surface area contributed by atoms with E-state index in [0.29, 0.717) is 18.3 Å². The van der Waals surface area contributed by atoms with Crippen LogP contribution in [0.1, 0.15) is 51.9 Å². The first-order chi connectivity index (χ1) is 8.63.